The molecule has 0 saturated heterocycles. The van der Waals surface area contributed by atoms with Crippen LogP contribution in [0.25, 0.3) is 11.0 Å². The van der Waals surface area contributed by atoms with E-state index in [0.717, 1.165) is 5.39 Å². The van der Waals surface area contributed by atoms with E-state index in [-0.39, 0.29) is 17.4 Å². The van der Waals surface area contributed by atoms with Crippen LogP contribution in [0, 0.1) is 5.41 Å². The maximum atomic E-state index is 12.2. The van der Waals surface area contributed by atoms with Crippen LogP contribution in [0.1, 0.15) is 37.6 Å². The van der Waals surface area contributed by atoms with Crippen molar-refractivity contribution in [2.45, 2.75) is 33.3 Å². The molecule has 4 heteroatoms. The Balaban J connectivity index is 2.06. The van der Waals surface area contributed by atoms with Crippen LogP contribution in [0.3, 0.4) is 0 Å². The van der Waals surface area contributed by atoms with Gasteiger partial charge in [-0.05, 0) is 24.8 Å². The SMILES string of the molecule is CC(O)CC(C)(C)CNC(=O)c1coc2ccccc12. The predicted molar refractivity (Wildman–Crippen MR) is 78.6 cm³/mol. The largest absolute Gasteiger partial charge is 0.463 e. The van der Waals surface area contributed by atoms with Gasteiger partial charge in [-0.3, -0.25) is 4.79 Å². The molecule has 0 aliphatic carbocycles. The van der Waals surface area contributed by atoms with Crippen molar-refractivity contribution in [3.63, 3.8) is 0 Å². The Morgan fingerprint density at radius 1 is 1.40 bits per heavy atom. The molecule has 1 amide bonds. The molecule has 0 fully saturated rings. The molecule has 0 aliphatic heterocycles. The van der Waals surface area contributed by atoms with E-state index in [1.54, 1.807) is 6.92 Å². The van der Waals surface area contributed by atoms with Gasteiger partial charge in [0, 0.05) is 11.9 Å². The van der Waals surface area contributed by atoms with Crippen LogP contribution < -0.4 is 5.32 Å². The van der Waals surface area contributed by atoms with Crippen molar-refractivity contribution in [1.82, 2.24) is 5.32 Å². The van der Waals surface area contributed by atoms with Gasteiger partial charge in [0.15, 0.2) is 0 Å². The molecule has 2 rings (SSSR count). The van der Waals surface area contributed by atoms with Gasteiger partial charge in [0.25, 0.3) is 5.91 Å². The summed E-state index contributed by atoms with van der Waals surface area (Å²) in [4.78, 5) is 12.2. The first-order valence-electron chi connectivity index (χ1n) is 6.81. The summed E-state index contributed by atoms with van der Waals surface area (Å²) >= 11 is 0. The summed E-state index contributed by atoms with van der Waals surface area (Å²) in [5.74, 6) is -0.145. The third-order valence-corrected chi connectivity index (χ3v) is 3.30. The molecule has 0 bridgehead atoms. The van der Waals surface area contributed by atoms with Gasteiger partial charge in [-0.1, -0.05) is 32.0 Å². The lowest BCUT2D eigenvalue weighted by molar-refractivity contribution is 0.0902. The molecule has 2 aromatic rings. The molecule has 0 radical (unpaired) electrons. The standard InChI is InChI=1S/C16H21NO3/c1-11(18)8-16(2,3)10-17-15(19)13-9-20-14-7-5-4-6-12(13)14/h4-7,9,11,18H,8,10H2,1-3H3,(H,17,19). The topological polar surface area (TPSA) is 62.5 Å². The second-order valence-corrected chi connectivity index (χ2v) is 6.05. The third-order valence-electron chi connectivity index (χ3n) is 3.30. The lowest BCUT2D eigenvalue weighted by Crippen LogP contribution is -2.35. The molecule has 2 N–H and O–H groups in total. The van der Waals surface area contributed by atoms with E-state index in [1.165, 1.54) is 6.26 Å². The van der Waals surface area contributed by atoms with Gasteiger partial charge in [0.1, 0.15) is 11.8 Å². The zero-order valence-electron chi connectivity index (χ0n) is 12.1. The minimum absolute atomic E-state index is 0.145. The van der Waals surface area contributed by atoms with Crippen LogP contribution in [0.4, 0.5) is 0 Å². The highest BCUT2D eigenvalue weighted by molar-refractivity contribution is 6.05. The second-order valence-electron chi connectivity index (χ2n) is 6.05. The van der Waals surface area contributed by atoms with E-state index in [9.17, 15) is 9.90 Å². The predicted octanol–water partition coefficient (Wildman–Crippen LogP) is 2.96. The number of hydrogen-bond donors (Lipinski definition) is 2. The first kappa shape index (κ1) is 14.6. The van der Waals surface area contributed by atoms with Gasteiger partial charge in [-0.25, -0.2) is 0 Å². The van der Waals surface area contributed by atoms with Crippen LogP contribution in [-0.4, -0.2) is 23.7 Å². The number of aliphatic hydroxyl groups excluding tert-OH is 1. The van der Waals surface area contributed by atoms with Gasteiger partial charge >= 0.3 is 0 Å². The zero-order valence-corrected chi connectivity index (χ0v) is 12.1. The van der Waals surface area contributed by atoms with Crippen LogP contribution in [0.5, 0.6) is 0 Å². The Morgan fingerprint density at radius 3 is 2.80 bits per heavy atom. The number of benzene rings is 1. The summed E-state index contributed by atoms with van der Waals surface area (Å²) in [6.07, 6.45) is 1.75. The van der Waals surface area contributed by atoms with Gasteiger partial charge in [-0.15, -0.1) is 0 Å². The van der Waals surface area contributed by atoms with Crippen LogP contribution in [0.15, 0.2) is 34.9 Å². The molecular weight excluding hydrogens is 254 g/mol. The minimum Gasteiger partial charge on any atom is -0.463 e. The highest BCUT2D eigenvalue weighted by atomic mass is 16.3. The molecule has 1 aromatic heterocycles. The van der Waals surface area contributed by atoms with Gasteiger partial charge in [0.05, 0.1) is 11.7 Å². The zero-order chi connectivity index (χ0) is 14.8. The number of furan rings is 1. The Morgan fingerprint density at radius 2 is 2.10 bits per heavy atom. The maximum Gasteiger partial charge on any atom is 0.255 e. The van der Waals surface area contributed by atoms with Gasteiger partial charge in [-0.2, -0.15) is 0 Å². The van der Waals surface area contributed by atoms with E-state index in [0.29, 0.717) is 24.1 Å². The molecular formula is C16H21NO3. The van der Waals surface area contributed by atoms with Gasteiger partial charge in [0.2, 0.25) is 0 Å². The molecule has 0 aliphatic rings. The fraction of sp³-hybridized carbons (Fsp3) is 0.438. The van der Waals surface area contributed by atoms with Crippen molar-refractivity contribution < 1.29 is 14.3 Å². The number of rotatable bonds is 5. The van der Waals surface area contributed by atoms with Crippen molar-refractivity contribution in [2.24, 2.45) is 5.41 Å². The van der Waals surface area contributed by atoms with Crippen LogP contribution in [-0.2, 0) is 0 Å². The summed E-state index contributed by atoms with van der Waals surface area (Å²) in [7, 11) is 0. The minimum atomic E-state index is -0.378. The van der Waals surface area contributed by atoms with Crippen molar-refractivity contribution >= 4 is 16.9 Å². The van der Waals surface area contributed by atoms with Crippen molar-refractivity contribution in [2.75, 3.05) is 6.54 Å². The summed E-state index contributed by atoms with van der Waals surface area (Å²) in [6.45, 7) is 6.31. The maximum absolute atomic E-state index is 12.2. The van der Waals surface area contributed by atoms with E-state index in [1.807, 2.05) is 38.1 Å². The number of fused-ring (bicyclic) bond motifs is 1. The molecule has 1 heterocycles. The highest BCUT2D eigenvalue weighted by Gasteiger charge is 2.22. The number of hydrogen-bond acceptors (Lipinski definition) is 3. The molecule has 4 nitrogen and oxygen atoms in total. The van der Waals surface area contributed by atoms with Crippen molar-refractivity contribution in [3.8, 4) is 0 Å². The molecule has 1 atom stereocenters. The fourth-order valence-corrected chi connectivity index (χ4v) is 2.44. The number of amides is 1. The Hall–Kier alpha value is -1.81. The smallest absolute Gasteiger partial charge is 0.255 e. The van der Waals surface area contributed by atoms with Crippen LogP contribution >= 0.6 is 0 Å². The summed E-state index contributed by atoms with van der Waals surface area (Å²) < 4.78 is 5.37. The highest BCUT2D eigenvalue weighted by Crippen LogP contribution is 2.23. The number of carbonyl (C=O) groups excluding carboxylic acids is 1. The van der Waals surface area contributed by atoms with Gasteiger partial charge < -0.3 is 14.8 Å². The molecule has 20 heavy (non-hydrogen) atoms. The van der Waals surface area contributed by atoms with Crippen molar-refractivity contribution in [1.29, 1.82) is 0 Å². The molecule has 108 valence electrons. The quantitative estimate of drug-likeness (QED) is 0.881. The number of aliphatic hydroxyl groups is 1. The Labute approximate surface area is 118 Å². The monoisotopic (exact) mass is 275 g/mol. The summed E-state index contributed by atoms with van der Waals surface area (Å²) in [5, 5.41) is 13.2. The van der Waals surface area contributed by atoms with Crippen LogP contribution in [0.2, 0.25) is 0 Å². The van der Waals surface area contributed by atoms with E-state index < -0.39 is 0 Å². The molecule has 1 aromatic carbocycles. The average molecular weight is 275 g/mol. The van der Waals surface area contributed by atoms with E-state index in [4.69, 9.17) is 4.42 Å². The van der Waals surface area contributed by atoms with E-state index in [2.05, 4.69) is 5.32 Å². The second kappa shape index (κ2) is 5.67. The molecule has 1 unspecified atom stereocenters. The summed E-state index contributed by atoms with van der Waals surface area (Å²) in [5.41, 5.74) is 1.11. The first-order valence-corrected chi connectivity index (χ1v) is 6.81. The molecule has 0 spiro atoms. The normalized spacial score (nSPS) is 13.4. The first-order chi connectivity index (χ1) is 9.39. The number of nitrogens with one attached hydrogen (secondary N) is 1. The van der Waals surface area contributed by atoms with E-state index >= 15 is 0 Å². The Kier molecular flexibility index (Phi) is 4.14. The number of para-hydroxylation sites is 1. The van der Waals surface area contributed by atoms with Crippen molar-refractivity contribution in [3.05, 3.63) is 36.1 Å². The molecule has 0 saturated carbocycles. The average Bonchev–Trinajstić information content (AvgIpc) is 2.78. The lowest BCUT2D eigenvalue weighted by atomic mass is 9.87. The lowest BCUT2D eigenvalue weighted by Gasteiger charge is -2.26. The third kappa shape index (κ3) is 3.39. The Bertz CT molecular complexity index is 599. The fourth-order valence-electron chi connectivity index (χ4n) is 2.44. The summed E-state index contributed by atoms with van der Waals surface area (Å²) in [6, 6.07) is 7.46. The number of carbonyl (C=O) groups is 1.